The molecule has 196 valence electrons. The molecule has 1 N–H and O–H groups in total. The molecule has 1 aliphatic heterocycles. The second-order valence-corrected chi connectivity index (χ2v) is 10.3. The van der Waals surface area contributed by atoms with E-state index in [4.69, 9.17) is 0 Å². The van der Waals surface area contributed by atoms with Crippen LogP contribution in [-0.4, -0.2) is 23.3 Å². The van der Waals surface area contributed by atoms with Crippen molar-refractivity contribution in [1.29, 1.82) is 5.26 Å². The zero-order chi connectivity index (χ0) is 27.1. The first-order valence-electron chi connectivity index (χ1n) is 12.5. The van der Waals surface area contributed by atoms with Crippen molar-refractivity contribution in [2.45, 2.75) is 63.0 Å². The molecule has 6 nitrogen and oxygen atoms in total. The Bertz CT molecular complexity index is 1360. The maximum atomic E-state index is 13.8. The standard InChI is InChI=1S/C29H27F3N4O2/c1-28(2,21-8-13-24(34-17-21)19-6-7-19)35-25-15-26(20-5-3-4-18(14-20)16-33)36(27(25)37)22-9-11-23(12-10-22)38-29(30,31)32/h3-5,8-14,17,19,25-26,35H,6-7,15H2,1-2H3. The summed E-state index contributed by atoms with van der Waals surface area (Å²) in [6.07, 6.45) is -0.218. The highest BCUT2D eigenvalue weighted by Gasteiger charge is 2.43. The van der Waals surface area contributed by atoms with Gasteiger partial charge in [0.15, 0.2) is 0 Å². The molecule has 1 amide bonds. The van der Waals surface area contributed by atoms with Crippen LogP contribution in [0.25, 0.3) is 0 Å². The summed E-state index contributed by atoms with van der Waals surface area (Å²) in [4.78, 5) is 20.0. The van der Waals surface area contributed by atoms with Gasteiger partial charge in [0, 0.05) is 29.0 Å². The fraction of sp³-hybridized carbons (Fsp3) is 0.345. The molecule has 2 atom stereocenters. The van der Waals surface area contributed by atoms with Crippen molar-refractivity contribution in [1.82, 2.24) is 10.3 Å². The Labute approximate surface area is 219 Å². The van der Waals surface area contributed by atoms with E-state index in [9.17, 15) is 23.2 Å². The third-order valence-corrected chi connectivity index (χ3v) is 7.09. The molecule has 1 aliphatic carbocycles. The molecule has 2 aromatic carbocycles. The van der Waals surface area contributed by atoms with E-state index >= 15 is 0 Å². The van der Waals surface area contributed by atoms with Crippen molar-refractivity contribution in [3.63, 3.8) is 0 Å². The molecule has 2 aliphatic rings. The van der Waals surface area contributed by atoms with Crippen molar-refractivity contribution in [2.24, 2.45) is 0 Å². The molecule has 1 saturated heterocycles. The van der Waals surface area contributed by atoms with E-state index in [1.165, 1.54) is 24.3 Å². The van der Waals surface area contributed by atoms with E-state index in [1.54, 1.807) is 23.1 Å². The molecule has 38 heavy (non-hydrogen) atoms. The van der Waals surface area contributed by atoms with Crippen LogP contribution in [0.15, 0.2) is 66.9 Å². The quantitative estimate of drug-likeness (QED) is 0.407. The third-order valence-electron chi connectivity index (χ3n) is 7.09. The molecule has 3 aromatic rings. The number of nitriles is 1. The van der Waals surface area contributed by atoms with Gasteiger partial charge in [0.25, 0.3) is 0 Å². The average molecular weight is 521 g/mol. The first-order valence-corrected chi connectivity index (χ1v) is 12.5. The number of carbonyl (C=O) groups excluding carboxylic acids is 1. The van der Waals surface area contributed by atoms with Gasteiger partial charge in [-0.2, -0.15) is 5.26 Å². The number of pyridine rings is 1. The first-order chi connectivity index (χ1) is 18.0. The fourth-order valence-electron chi connectivity index (χ4n) is 5.00. The Morgan fingerprint density at radius 3 is 2.42 bits per heavy atom. The van der Waals surface area contributed by atoms with Crippen molar-refractivity contribution < 1.29 is 22.7 Å². The predicted octanol–water partition coefficient (Wildman–Crippen LogP) is 6.10. The van der Waals surface area contributed by atoms with E-state index in [1.807, 2.05) is 38.2 Å². The van der Waals surface area contributed by atoms with Crippen LogP contribution >= 0.6 is 0 Å². The Hall–Kier alpha value is -3.90. The van der Waals surface area contributed by atoms with Crippen LogP contribution < -0.4 is 15.0 Å². The van der Waals surface area contributed by atoms with E-state index < -0.39 is 24.0 Å². The summed E-state index contributed by atoms with van der Waals surface area (Å²) in [7, 11) is 0. The number of halogens is 3. The molecular formula is C29H27F3N4O2. The first kappa shape index (κ1) is 25.7. The minimum atomic E-state index is -4.81. The lowest BCUT2D eigenvalue weighted by Crippen LogP contribution is -2.47. The molecule has 5 rings (SSSR count). The highest BCUT2D eigenvalue weighted by atomic mass is 19.4. The number of carbonyl (C=O) groups is 1. The topological polar surface area (TPSA) is 78.3 Å². The normalized spacial score (nSPS) is 19.9. The maximum absolute atomic E-state index is 13.8. The van der Waals surface area contributed by atoms with E-state index in [2.05, 4.69) is 21.1 Å². The molecule has 0 radical (unpaired) electrons. The molecule has 2 fully saturated rings. The Morgan fingerprint density at radius 2 is 1.82 bits per heavy atom. The fourth-order valence-corrected chi connectivity index (χ4v) is 5.00. The van der Waals surface area contributed by atoms with Crippen molar-refractivity contribution in [3.8, 4) is 11.8 Å². The summed E-state index contributed by atoms with van der Waals surface area (Å²) in [6.45, 7) is 3.98. The number of aromatic nitrogens is 1. The molecule has 1 aromatic heterocycles. The number of rotatable bonds is 7. The molecular weight excluding hydrogens is 493 g/mol. The van der Waals surface area contributed by atoms with Gasteiger partial charge in [-0.3, -0.25) is 15.1 Å². The Kier molecular flexibility index (Phi) is 6.61. The van der Waals surface area contributed by atoms with Gasteiger partial charge in [0.2, 0.25) is 5.91 Å². The van der Waals surface area contributed by atoms with Gasteiger partial charge in [-0.05, 0) is 86.7 Å². The molecule has 0 bridgehead atoms. The summed E-state index contributed by atoms with van der Waals surface area (Å²) >= 11 is 0. The summed E-state index contributed by atoms with van der Waals surface area (Å²) in [5, 5.41) is 12.9. The highest BCUT2D eigenvalue weighted by molar-refractivity contribution is 6.00. The second-order valence-electron chi connectivity index (χ2n) is 10.3. The zero-order valence-electron chi connectivity index (χ0n) is 21.0. The number of nitrogens with zero attached hydrogens (tertiary/aromatic N) is 3. The van der Waals surface area contributed by atoms with Gasteiger partial charge in [-0.15, -0.1) is 13.2 Å². The van der Waals surface area contributed by atoms with Crippen LogP contribution in [-0.2, 0) is 10.3 Å². The summed E-state index contributed by atoms with van der Waals surface area (Å²) < 4.78 is 41.9. The average Bonchev–Trinajstić information content (AvgIpc) is 3.69. The van der Waals surface area contributed by atoms with Gasteiger partial charge in [-0.25, -0.2) is 0 Å². The van der Waals surface area contributed by atoms with E-state index in [-0.39, 0.29) is 11.7 Å². The number of benzene rings is 2. The van der Waals surface area contributed by atoms with E-state index in [0.29, 0.717) is 23.6 Å². The highest BCUT2D eigenvalue weighted by Crippen LogP contribution is 2.41. The van der Waals surface area contributed by atoms with Crippen molar-refractivity contribution in [3.05, 3.63) is 89.2 Å². The summed E-state index contributed by atoms with van der Waals surface area (Å²) in [5.41, 5.74) is 3.13. The third kappa shape index (κ3) is 5.50. The van der Waals surface area contributed by atoms with Gasteiger partial charge >= 0.3 is 6.36 Å². The number of alkyl halides is 3. The summed E-state index contributed by atoms with van der Waals surface area (Å²) in [5.74, 6) is -0.0331. The number of hydrogen-bond acceptors (Lipinski definition) is 5. The number of nitrogens with one attached hydrogen (secondary N) is 1. The number of ether oxygens (including phenoxy) is 1. The number of amides is 1. The van der Waals surface area contributed by atoms with Gasteiger partial charge < -0.3 is 9.64 Å². The lowest BCUT2D eigenvalue weighted by molar-refractivity contribution is -0.274. The van der Waals surface area contributed by atoms with Crippen molar-refractivity contribution >= 4 is 11.6 Å². The zero-order valence-corrected chi connectivity index (χ0v) is 21.0. The molecule has 0 spiro atoms. The number of anilines is 1. The minimum absolute atomic E-state index is 0.211. The monoisotopic (exact) mass is 520 g/mol. The molecule has 9 heteroatoms. The maximum Gasteiger partial charge on any atom is 0.573 e. The lowest BCUT2D eigenvalue weighted by atomic mass is 9.93. The smallest absolute Gasteiger partial charge is 0.406 e. The molecule has 1 saturated carbocycles. The van der Waals surface area contributed by atoms with Gasteiger partial charge in [0.1, 0.15) is 5.75 Å². The predicted molar refractivity (Wildman–Crippen MR) is 135 cm³/mol. The Balaban J connectivity index is 1.43. The largest absolute Gasteiger partial charge is 0.573 e. The van der Waals surface area contributed by atoms with Gasteiger partial charge in [-0.1, -0.05) is 18.2 Å². The lowest BCUT2D eigenvalue weighted by Gasteiger charge is -2.30. The van der Waals surface area contributed by atoms with Crippen LogP contribution in [0.1, 0.15) is 67.5 Å². The van der Waals surface area contributed by atoms with Crippen LogP contribution in [0.5, 0.6) is 5.75 Å². The Morgan fingerprint density at radius 1 is 1.08 bits per heavy atom. The van der Waals surface area contributed by atoms with Crippen LogP contribution in [0.4, 0.5) is 18.9 Å². The van der Waals surface area contributed by atoms with Crippen molar-refractivity contribution in [2.75, 3.05) is 4.90 Å². The second kappa shape index (κ2) is 9.76. The van der Waals surface area contributed by atoms with Crippen LogP contribution in [0, 0.1) is 11.3 Å². The minimum Gasteiger partial charge on any atom is -0.406 e. The van der Waals surface area contributed by atoms with Gasteiger partial charge in [0.05, 0.1) is 23.7 Å². The molecule has 2 heterocycles. The number of hydrogen-bond donors (Lipinski definition) is 1. The molecule has 2 unspecified atom stereocenters. The SMILES string of the molecule is CC(C)(NC1CC(c2cccc(C#N)c2)N(c2ccc(OC(F)(F)F)cc2)C1=O)c1ccc(C2CC2)nc1. The van der Waals surface area contributed by atoms with Crippen LogP contribution in [0.3, 0.4) is 0 Å². The van der Waals surface area contributed by atoms with E-state index in [0.717, 1.165) is 29.7 Å². The summed E-state index contributed by atoms with van der Waals surface area (Å²) in [6, 6.07) is 17.5. The van der Waals surface area contributed by atoms with Crippen LogP contribution in [0.2, 0.25) is 0 Å².